The maximum absolute atomic E-state index is 12.4. The zero-order valence-electron chi connectivity index (χ0n) is 14.0. The summed E-state index contributed by atoms with van der Waals surface area (Å²) in [5, 5.41) is 6.88. The topological polar surface area (TPSA) is 87.4 Å². The van der Waals surface area contributed by atoms with Gasteiger partial charge in [-0.05, 0) is 39.1 Å². The molecule has 1 fully saturated rings. The normalized spacial score (nSPS) is 17.3. The summed E-state index contributed by atoms with van der Waals surface area (Å²) in [7, 11) is 2.07. The number of carbonyl (C=O) groups is 1. The Bertz CT molecular complexity index is 674. The summed E-state index contributed by atoms with van der Waals surface area (Å²) in [6.07, 6.45) is 4.33. The second-order valence-electron chi connectivity index (χ2n) is 6.01. The van der Waals surface area contributed by atoms with Crippen molar-refractivity contribution in [2.45, 2.75) is 19.4 Å². The van der Waals surface area contributed by atoms with E-state index in [1.807, 2.05) is 24.0 Å². The first-order valence-electron chi connectivity index (χ1n) is 8.11. The van der Waals surface area contributed by atoms with E-state index in [4.69, 9.17) is 4.52 Å². The largest absolute Gasteiger partial charge is 0.337 e. The molecule has 0 spiro atoms. The van der Waals surface area contributed by atoms with Gasteiger partial charge in [-0.1, -0.05) is 5.16 Å². The van der Waals surface area contributed by atoms with Crippen LogP contribution in [0.4, 0.5) is 4.79 Å². The van der Waals surface area contributed by atoms with Gasteiger partial charge in [-0.2, -0.15) is 4.98 Å². The Hall–Kier alpha value is -2.48. The number of hydrogen-bond donors (Lipinski definition) is 1. The van der Waals surface area contributed by atoms with Crippen molar-refractivity contribution in [3.63, 3.8) is 0 Å². The van der Waals surface area contributed by atoms with E-state index in [1.54, 1.807) is 12.4 Å². The molecule has 1 N–H and O–H groups in total. The highest BCUT2D eigenvalue weighted by molar-refractivity contribution is 5.74. The highest BCUT2D eigenvalue weighted by atomic mass is 16.5. The van der Waals surface area contributed by atoms with Gasteiger partial charge in [0.05, 0.1) is 0 Å². The van der Waals surface area contributed by atoms with Crippen LogP contribution in [-0.2, 0) is 0 Å². The fraction of sp³-hybridized carbons (Fsp3) is 0.500. The molecule has 1 atom stereocenters. The molecule has 1 unspecified atom stereocenters. The fourth-order valence-corrected chi connectivity index (χ4v) is 2.61. The highest BCUT2D eigenvalue weighted by Gasteiger charge is 2.22. The Morgan fingerprint density at radius 3 is 3.00 bits per heavy atom. The van der Waals surface area contributed by atoms with Crippen molar-refractivity contribution in [3.05, 3.63) is 30.4 Å². The lowest BCUT2D eigenvalue weighted by molar-refractivity contribution is 0.193. The molecular formula is C16H22N6O2. The Morgan fingerprint density at radius 1 is 1.33 bits per heavy atom. The Labute approximate surface area is 140 Å². The molecule has 0 saturated carbocycles. The van der Waals surface area contributed by atoms with E-state index < -0.39 is 0 Å². The monoisotopic (exact) mass is 330 g/mol. The Balaban J connectivity index is 1.61. The molecule has 0 radical (unpaired) electrons. The van der Waals surface area contributed by atoms with Gasteiger partial charge in [0.1, 0.15) is 6.04 Å². The number of urea groups is 1. The van der Waals surface area contributed by atoms with Crippen LogP contribution in [0.1, 0.15) is 25.3 Å². The van der Waals surface area contributed by atoms with E-state index in [0.717, 1.165) is 38.2 Å². The average Bonchev–Trinajstić information content (AvgIpc) is 2.99. The molecule has 2 aromatic heterocycles. The van der Waals surface area contributed by atoms with E-state index in [0.29, 0.717) is 11.7 Å². The second-order valence-corrected chi connectivity index (χ2v) is 6.01. The molecule has 0 aliphatic carbocycles. The van der Waals surface area contributed by atoms with E-state index >= 15 is 0 Å². The summed E-state index contributed by atoms with van der Waals surface area (Å²) in [5.74, 6) is 0.852. The van der Waals surface area contributed by atoms with Crippen molar-refractivity contribution < 1.29 is 9.32 Å². The number of aromatic nitrogens is 3. The minimum absolute atomic E-state index is 0.0982. The number of carbonyl (C=O) groups excluding carboxylic acids is 1. The van der Waals surface area contributed by atoms with E-state index in [1.165, 1.54) is 0 Å². The number of likely N-dealkylation sites (N-methyl/N-ethyl adjacent to an activating group) is 1. The first-order valence-corrected chi connectivity index (χ1v) is 8.11. The van der Waals surface area contributed by atoms with Gasteiger partial charge in [0.2, 0.25) is 11.7 Å². The smallest absolute Gasteiger partial charge is 0.318 e. The van der Waals surface area contributed by atoms with Gasteiger partial charge in [-0.3, -0.25) is 4.98 Å². The van der Waals surface area contributed by atoms with Crippen molar-refractivity contribution in [1.29, 1.82) is 0 Å². The van der Waals surface area contributed by atoms with Gasteiger partial charge >= 0.3 is 6.03 Å². The number of pyridine rings is 1. The molecule has 0 bridgehead atoms. The van der Waals surface area contributed by atoms with Crippen molar-refractivity contribution >= 4 is 6.03 Å². The quantitative estimate of drug-likeness (QED) is 0.918. The first-order chi connectivity index (χ1) is 11.6. The molecule has 2 amide bonds. The lowest BCUT2D eigenvalue weighted by atomic mass is 10.3. The van der Waals surface area contributed by atoms with Crippen LogP contribution in [0.5, 0.6) is 0 Å². The van der Waals surface area contributed by atoms with Crippen LogP contribution in [-0.4, -0.2) is 64.2 Å². The molecule has 24 heavy (non-hydrogen) atoms. The highest BCUT2D eigenvalue weighted by Crippen LogP contribution is 2.17. The van der Waals surface area contributed by atoms with Crippen molar-refractivity contribution in [2.75, 3.05) is 33.2 Å². The fourth-order valence-electron chi connectivity index (χ4n) is 2.61. The number of nitrogens with zero attached hydrogens (tertiary/aromatic N) is 5. The lowest BCUT2D eigenvalue weighted by Gasteiger charge is -2.22. The molecule has 3 heterocycles. The molecule has 8 nitrogen and oxygen atoms in total. The molecule has 8 heteroatoms. The SMILES string of the molecule is CC(NC(=O)N1CCCN(C)CC1)c1nc(-c2cccnc2)no1. The predicted molar refractivity (Wildman–Crippen MR) is 88.2 cm³/mol. The molecule has 3 rings (SSSR count). The van der Waals surface area contributed by atoms with Crippen LogP contribution < -0.4 is 5.32 Å². The van der Waals surface area contributed by atoms with Crippen molar-refractivity contribution in [1.82, 2.24) is 30.2 Å². The standard InChI is InChI=1S/C16H22N6O2/c1-12(18-16(23)22-8-4-7-21(2)9-10-22)15-19-14(20-24-15)13-5-3-6-17-11-13/h3,5-6,11-12H,4,7-10H2,1-2H3,(H,18,23). The molecule has 128 valence electrons. The van der Waals surface area contributed by atoms with Crippen LogP contribution in [0.2, 0.25) is 0 Å². The van der Waals surface area contributed by atoms with Crippen molar-refractivity contribution in [3.8, 4) is 11.4 Å². The molecular weight excluding hydrogens is 308 g/mol. The first kappa shape index (κ1) is 16.4. The van der Waals surface area contributed by atoms with E-state index in [9.17, 15) is 4.79 Å². The van der Waals surface area contributed by atoms with E-state index in [2.05, 4.69) is 32.4 Å². The van der Waals surface area contributed by atoms with Gasteiger partial charge in [-0.15, -0.1) is 0 Å². The van der Waals surface area contributed by atoms with Crippen LogP contribution in [0.15, 0.2) is 29.0 Å². The van der Waals surface area contributed by atoms with Gasteiger partial charge in [0.15, 0.2) is 0 Å². The van der Waals surface area contributed by atoms with Gasteiger partial charge in [0.25, 0.3) is 0 Å². The van der Waals surface area contributed by atoms with Crippen LogP contribution >= 0.6 is 0 Å². The number of hydrogen-bond acceptors (Lipinski definition) is 6. The molecule has 2 aromatic rings. The third-order valence-electron chi connectivity index (χ3n) is 4.08. The van der Waals surface area contributed by atoms with Crippen molar-refractivity contribution in [2.24, 2.45) is 0 Å². The molecule has 0 aromatic carbocycles. The minimum atomic E-state index is -0.351. The third kappa shape index (κ3) is 3.88. The Morgan fingerprint density at radius 2 is 2.21 bits per heavy atom. The van der Waals surface area contributed by atoms with E-state index in [-0.39, 0.29) is 12.1 Å². The predicted octanol–water partition coefficient (Wildman–Crippen LogP) is 1.54. The summed E-state index contributed by atoms with van der Waals surface area (Å²) < 4.78 is 5.28. The van der Waals surface area contributed by atoms with Crippen LogP contribution in [0.3, 0.4) is 0 Å². The van der Waals surface area contributed by atoms with Crippen LogP contribution in [0.25, 0.3) is 11.4 Å². The Kier molecular flexibility index (Phi) is 5.05. The summed E-state index contributed by atoms with van der Waals surface area (Å²) in [6.45, 7) is 5.21. The second kappa shape index (κ2) is 7.39. The zero-order chi connectivity index (χ0) is 16.9. The van der Waals surface area contributed by atoms with Gasteiger partial charge < -0.3 is 19.6 Å². The molecule has 1 aliphatic heterocycles. The molecule has 1 saturated heterocycles. The summed E-state index contributed by atoms with van der Waals surface area (Å²) in [6, 6.07) is 3.22. The summed E-state index contributed by atoms with van der Waals surface area (Å²) in [5.41, 5.74) is 0.779. The van der Waals surface area contributed by atoms with Gasteiger partial charge in [0, 0.05) is 37.6 Å². The zero-order valence-corrected chi connectivity index (χ0v) is 14.0. The third-order valence-corrected chi connectivity index (χ3v) is 4.08. The summed E-state index contributed by atoms with van der Waals surface area (Å²) in [4.78, 5) is 24.9. The van der Waals surface area contributed by atoms with Crippen LogP contribution in [0, 0.1) is 0 Å². The maximum Gasteiger partial charge on any atom is 0.318 e. The lowest BCUT2D eigenvalue weighted by Crippen LogP contribution is -2.42. The van der Waals surface area contributed by atoms with Gasteiger partial charge in [-0.25, -0.2) is 4.79 Å². The number of rotatable bonds is 3. The summed E-state index contributed by atoms with van der Waals surface area (Å²) >= 11 is 0. The average molecular weight is 330 g/mol. The maximum atomic E-state index is 12.4. The number of amides is 2. The molecule has 1 aliphatic rings. The minimum Gasteiger partial charge on any atom is -0.337 e. The number of nitrogens with one attached hydrogen (secondary N) is 1.